The molecule has 0 radical (unpaired) electrons. The molecule has 1 fully saturated rings. The smallest absolute Gasteiger partial charge is 0.251 e. The van der Waals surface area contributed by atoms with E-state index in [1.165, 1.54) is 31.4 Å². The highest BCUT2D eigenvalue weighted by molar-refractivity contribution is 7.90. The molecule has 0 spiro atoms. The van der Waals surface area contributed by atoms with Gasteiger partial charge in [-0.05, 0) is 37.1 Å². The number of rotatable bonds is 3. The molecular formula is C16H23NO3S. The Labute approximate surface area is 126 Å². The molecular weight excluding hydrogens is 286 g/mol. The van der Waals surface area contributed by atoms with Crippen LogP contribution in [0.5, 0.6) is 0 Å². The van der Waals surface area contributed by atoms with Crippen LogP contribution in [0.1, 0.15) is 55.3 Å². The van der Waals surface area contributed by atoms with Crippen molar-refractivity contribution in [1.29, 1.82) is 0 Å². The van der Waals surface area contributed by atoms with E-state index in [9.17, 15) is 13.2 Å². The fourth-order valence-electron chi connectivity index (χ4n) is 2.72. The SMILES string of the molecule is CS(=O)(=O)c1ccc(C(=O)NC2CCCCCCC2)cc1. The van der Waals surface area contributed by atoms with Gasteiger partial charge < -0.3 is 5.32 Å². The fourth-order valence-corrected chi connectivity index (χ4v) is 3.35. The average molecular weight is 309 g/mol. The number of hydrogen-bond donors (Lipinski definition) is 1. The second-order valence-corrected chi connectivity index (χ2v) is 7.83. The zero-order chi connectivity index (χ0) is 15.3. The van der Waals surface area contributed by atoms with Crippen LogP contribution in [0.2, 0.25) is 0 Å². The number of carbonyl (C=O) groups excluding carboxylic acids is 1. The molecule has 21 heavy (non-hydrogen) atoms. The van der Waals surface area contributed by atoms with Crippen molar-refractivity contribution in [3.63, 3.8) is 0 Å². The van der Waals surface area contributed by atoms with Crippen LogP contribution in [-0.2, 0) is 9.84 Å². The average Bonchev–Trinajstić information content (AvgIpc) is 2.41. The van der Waals surface area contributed by atoms with E-state index in [0.717, 1.165) is 31.9 Å². The molecule has 1 aromatic rings. The van der Waals surface area contributed by atoms with Crippen LogP contribution >= 0.6 is 0 Å². The van der Waals surface area contributed by atoms with Crippen molar-refractivity contribution in [2.24, 2.45) is 0 Å². The summed E-state index contributed by atoms with van der Waals surface area (Å²) in [4.78, 5) is 12.5. The summed E-state index contributed by atoms with van der Waals surface area (Å²) in [5.41, 5.74) is 0.518. The molecule has 1 saturated carbocycles. The van der Waals surface area contributed by atoms with Crippen LogP contribution in [0.4, 0.5) is 0 Å². The second kappa shape index (κ2) is 7.07. The Morgan fingerprint density at radius 1 is 1.00 bits per heavy atom. The molecule has 4 nitrogen and oxygen atoms in total. The lowest BCUT2D eigenvalue weighted by atomic mass is 9.96. The number of benzene rings is 1. The lowest BCUT2D eigenvalue weighted by Crippen LogP contribution is -2.35. The predicted octanol–water partition coefficient (Wildman–Crippen LogP) is 2.93. The Kier molecular flexibility index (Phi) is 5.39. The monoisotopic (exact) mass is 309 g/mol. The molecule has 1 aliphatic carbocycles. The van der Waals surface area contributed by atoms with Crippen molar-refractivity contribution >= 4 is 15.7 Å². The maximum Gasteiger partial charge on any atom is 0.251 e. The Balaban J connectivity index is 1.99. The van der Waals surface area contributed by atoms with E-state index in [0.29, 0.717) is 5.56 Å². The summed E-state index contributed by atoms with van der Waals surface area (Å²) in [5.74, 6) is -0.111. The van der Waals surface area contributed by atoms with E-state index in [1.54, 1.807) is 12.1 Å². The summed E-state index contributed by atoms with van der Waals surface area (Å²) < 4.78 is 22.8. The first-order valence-electron chi connectivity index (χ1n) is 7.58. The Morgan fingerprint density at radius 2 is 1.52 bits per heavy atom. The van der Waals surface area contributed by atoms with Crippen molar-refractivity contribution in [3.05, 3.63) is 29.8 Å². The highest BCUT2D eigenvalue weighted by atomic mass is 32.2. The van der Waals surface area contributed by atoms with E-state index in [2.05, 4.69) is 5.32 Å². The van der Waals surface area contributed by atoms with Gasteiger partial charge in [0.25, 0.3) is 5.91 Å². The van der Waals surface area contributed by atoms with Crippen LogP contribution in [0, 0.1) is 0 Å². The molecule has 1 N–H and O–H groups in total. The lowest BCUT2D eigenvalue weighted by molar-refractivity contribution is 0.0930. The van der Waals surface area contributed by atoms with Gasteiger partial charge in [0.2, 0.25) is 0 Å². The van der Waals surface area contributed by atoms with Crippen molar-refractivity contribution in [2.45, 2.75) is 55.9 Å². The molecule has 2 rings (SSSR count). The highest BCUT2D eigenvalue weighted by Gasteiger charge is 2.15. The molecule has 0 aliphatic heterocycles. The van der Waals surface area contributed by atoms with Gasteiger partial charge in [-0.25, -0.2) is 8.42 Å². The van der Waals surface area contributed by atoms with Crippen molar-refractivity contribution in [1.82, 2.24) is 5.32 Å². The highest BCUT2D eigenvalue weighted by Crippen LogP contribution is 2.18. The van der Waals surface area contributed by atoms with E-state index in [-0.39, 0.29) is 16.8 Å². The maximum absolute atomic E-state index is 12.2. The van der Waals surface area contributed by atoms with Gasteiger partial charge >= 0.3 is 0 Å². The summed E-state index contributed by atoms with van der Waals surface area (Å²) in [6, 6.07) is 6.38. The molecule has 0 atom stereocenters. The predicted molar refractivity (Wildman–Crippen MR) is 83.1 cm³/mol. The first kappa shape index (κ1) is 16.0. The van der Waals surface area contributed by atoms with Crippen LogP contribution in [0.15, 0.2) is 29.2 Å². The molecule has 0 aromatic heterocycles. The molecule has 116 valence electrons. The Bertz CT molecular complexity index is 570. The van der Waals surface area contributed by atoms with Gasteiger partial charge in [0.15, 0.2) is 9.84 Å². The number of hydrogen-bond acceptors (Lipinski definition) is 3. The zero-order valence-corrected chi connectivity index (χ0v) is 13.3. The number of amides is 1. The summed E-state index contributed by atoms with van der Waals surface area (Å²) in [6.45, 7) is 0. The van der Waals surface area contributed by atoms with Gasteiger partial charge in [0.05, 0.1) is 4.90 Å². The topological polar surface area (TPSA) is 63.2 Å². The standard InChI is InChI=1S/C16H23NO3S/c1-21(19,20)15-11-9-13(10-12-15)16(18)17-14-7-5-3-2-4-6-8-14/h9-12,14H,2-8H2,1H3,(H,17,18). The van der Waals surface area contributed by atoms with Crippen LogP contribution in [-0.4, -0.2) is 26.6 Å². The van der Waals surface area contributed by atoms with Gasteiger partial charge in [-0.2, -0.15) is 0 Å². The molecule has 1 amide bonds. The largest absolute Gasteiger partial charge is 0.349 e. The molecule has 1 aromatic carbocycles. The Hall–Kier alpha value is -1.36. The third-order valence-corrected chi connectivity index (χ3v) is 5.11. The van der Waals surface area contributed by atoms with Crippen molar-refractivity contribution in [3.8, 4) is 0 Å². The normalized spacial score (nSPS) is 17.8. The first-order chi connectivity index (χ1) is 9.97. The Morgan fingerprint density at radius 3 is 2.05 bits per heavy atom. The van der Waals surface area contributed by atoms with E-state index in [1.807, 2.05) is 0 Å². The summed E-state index contributed by atoms with van der Waals surface area (Å²) >= 11 is 0. The number of sulfone groups is 1. The van der Waals surface area contributed by atoms with Crippen LogP contribution < -0.4 is 5.32 Å². The van der Waals surface area contributed by atoms with Gasteiger partial charge in [-0.1, -0.05) is 32.1 Å². The van der Waals surface area contributed by atoms with Gasteiger partial charge in [-0.3, -0.25) is 4.79 Å². The van der Waals surface area contributed by atoms with Crippen LogP contribution in [0.25, 0.3) is 0 Å². The summed E-state index contributed by atoms with van der Waals surface area (Å²) in [5, 5.41) is 3.07. The molecule has 0 bridgehead atoms. The molecule has 0 unspecified atom stereocenters. The lowest BCUT2D eigenvalue weighted by Gasteiger charge is -2.21. The third-order valence-electron chi connectivity index (χ3n) is 3.99. The third kappa shape index (κ3) is 4.84. The minimum Gasteiger partial charge on any atom is -0.349 e. The van der Waals surface area contributed by atoms with E-state index in [4.69, 9.17) is 0 Å². The first-order valence-corrected chi connectivity index (χ1v) is 9.47. The quantitative estimate of drug-likeness (QED) is 0.933. The van der Waals surface area contributed by atoms with Gasteiger partial charge in [0.1, 0.15) is 0 Å². The molecule has 0 heterocycles. The molecule has 0 saturated heterocycles. The zero-order valence-electron chi connectivity index (χ0n) is 12.5. The van der Waals surface area contributed by atoms with E-state index < -0.39 is 9.84 Å². The van der Waals surface area contributed by atoms with E-state index >= 15 is 0 Å². The second-order valence-electron chi connectivity index (χ2n) is 5.81. The van der Waals surface area contributed by atoms with Crippen molar-refractivity contribution in [2.75, 3.05) is 6.26 Å². The summed E-state index contributed by atoms with van der Waals surface area (Å²) in [7, 11) is -3.21. The van der Waals surface area contributed by atoms with Gasteiger partial charge in [0, 0.05) is 17.9 Å². The van der Waals surface area contributed by atoms with Crippen LogP contribution in [0.3, 0.4) is 0 Å². The maximum atomic E-state index is 12.2. The summed E-state index contributed by atoms with van der Waals surface area (Å²) in [6.07, 6.45) is 9.35. The minimum absolute atomic E-state index is 0.111. The number of carbonyl (C=O) groups is 1. The molecule has 5 heteroatoms. The fraction of sp³-hybridized carbons (Fsp3) is 0.562. The van der Waals surface area contributed by atoms with Gasteiger partial charge in [-0.15, -0.1) is 0 Å². The molecule has 1 aliphatic rings. The number of nitrogens with one attached hydrogen (secondary N) is 1. The van der Waals surface area contributed by atoms with Crippen molar-refractivity contribution < 1.29 is 13.2 Å². The minimum atomic E-state index is -3.21.